The SMILES string of the molecule is O=C(NCC1(c2ccc(Cl)cc2Cl)CCOCC1)C1CCN(c2ccccc2[N+](=O)[O-])CC1. The summed E-state index contributed by atoms with van der Waals surface area (Å²) >= 11 is 12.6. The van der Waals surface area contributed by atoms with Crippen LogP contribution in [0.4, 0.5) is 11.4 Å². The van der Waals surface area contributed by atoms with Crippen molar-refractivity contribution in [2.45, 2.75) is 31.1 Å². The van der Waals surface area contributed by atoms with Crippen LogP contribution in [0.5, 0.6) is 0 Å². The molecule has 9 heteroatoms. The van der Waals surface area contributed by atoms with E-state index in [4.69, 9.17) is 27.9 Å². The Balaban J connectivity index is 1.40. The van der Waals surface area contributed by atoms with E-state index in [0.717, 1.165) is 18.4 Å². The van der Waals surface area contributed by atoms with E-state index >= 15 is 0 Å². The third kappa shape index (κ3) is 5.26. The number of benzene rings is 2. The summed E-state index contributed by atoms with van der Waals surface area (Å²) in [6, 6.07) is 12.3. The molecule has 0 radical (unpaired) electrons. The molecule has 2 aromatic carbocycles. The lowest BCUT2D eigenvalue weighted by Crippen LogP contribution is -2.47. The summed E-state index contributed by atoms with van der Waals surface area (Å²) in [5, 5.41) is 15.7. The average molecular weight is 492 g/mol. The van der Waals surface area contributed by atoms with Gasteiger partial charge in [0.25, 0.3) is 5.69 Å². The van der Waals surface area contributed by atoms with Crippen LogP contribution in [0.1, 0.15) is 31.2 Å². The maximum absolute atomic E-state index is 13.0. The van der Waals surface area contributed by atoms with E-state index in [1.165, 1.54) is 6.07 Å². The van der Waals surface area contributed by atoms with Crippen molar-refractivity contribution in [2.75, 3.05) is 37.7 Å². The maximum atomic E-state index is 13.0. The van der Waals surface area contributed by atoms with Crippen molar-refractivity contribution in [1.82, 2.24) is 5.32 Å². The molecule has 1 amide bonds. The molecule has 2 aliphatic rings. The average Bonchev–Trinajstić information content (AvgIpc) is 2.83. The molecule has 33 heavy (non-hydrogen) atoms. The lowest BCUT2D eigenvalue weighted by Gasteiger charge is -2.39. The number of hydrogen-bond donors (Lipinski definition) is 1. The molecular formula is C24H27Cl2N3O4. The number of ether oxygens (including phenoxy) is 1. The van der Waals surface area contributed by atoms with Crippen LogP contribution in [0.2, 0.25) is 10.0 Å². The zero-order valence-corrected chi connectivity index (χ0v) is 19.8. The number of halogens is 2. The summed E-state index contributed by atoms with van der Waals surface area (Å²) in [7, 11) is 0. The van der Waals surface area contributed by atoms with Crippen molar-refractivity contribution in [3.8, 4) is 0 Å². The number of piperidine rings is 1. The van der Waals surface area contributed by atoms with Crippen molar-refractivity contribution >= 4 is 40.5 Å². The minimum Gasteiger partial charge on any atom is -0.381 e. The van der Waals surface area contributed by atoms with Crippen LogP contribution in [-0.4, -0.2) is 43.7 Å². The molecule has 0 bridgehead atoms. The Morgan fingerprint density at radius 2 is 1.85 bits per heavy atom. The smallest absolute Gasteiger partial charge is 0.292 e. The number of para-hydroxylation sites is 2. The van der Waals surface area contributed by atoms with E-state index in [9.17, 15) is 14.9 Å². The number of nitrogens with one attached hydrogen (secondary N) is 1. The van der Waals surface area contributed by atoms with Crippen molar-refractivity contribution in [1.29, 1.82) is 0 Å². The Kier molecular flexibility index (Phi) is 7.41. The second-order valence-electron chi connectivity index (χ2n) is 8.74. The van der Waals surface area contributed by atoms with Crippen molar-refractivity contribution < 1.29 is 14.5 Å². The van der Waals surface area contributed by atoms with E-state index < -0.39 is 0 Å². The van der Waals surface area contributed by atoms with E-state index in [2.05, 4.69) is 5.32 Å². The lowest BCUT2D eigenvalue weighted by molar-refractivity contribution is -0.384. The van der Waals surface area contributed by atoms with Gasteiger partial charge in [0.15, 0.2) is 0 Å². The molecule has 0 spiro atoms. The number of rotatable bonds is 6. The maximum Gasteiger partial charge on any atom is 0.292 e. The van der Waals surface area contributed by atoms with E-state index in [-0.39, 0.29) is 27.9 Å². The van der Waals surface area contributed by atoms with Gasteiger partial charge in [0.05, 0.1) is 4.92 Å². The standard InChI is InChI=1S/C24H27Cl2N3O4/c25-18-5-6-19(20(26)15-18)24(9-13-33-14-10-24)16-27-23(30)17-7-11-28(12-8-17)21-3-1-2-4-22(21)29(31)32/h1-6,15,17H,7-14,16H2,(H,27,30). The van der Waals surface area contributed by atoms with Gasteiger partial charge in [-0.15, -0.1) is 0 Å². The van der Waals surface area contributed by atoms with Gasteiger partial charge in [0, 0.05) is 60.3 Å². The van der Waals surface area contributed by atoms with Crippen LogP contribution in [0, 0.1) is 16.0 Å². The molecule has 176 valence electrons. The molecule has 0 saturated carbocycles. The highest BCUT2D eigenvalue weighted by atomic mass is 35.5. The number of hydrogen-bond acceptors (Lipinski definition) is 5. The molecule has 1 N–H and O–H groups in total. The Morgan fingerprint density at radius 3 is 2.52 bits per heavy atom. The summed E-state index contributed by atoms with van der Waals surface area (Å²) in [6.07, 6.45) is 2.83. The Labute approximate surface area is 203 Å². The molecular weight excluding hydrogens is 465 g/mol. The molecule has 2 aliphatic heterocycles. The fourth-order valence-electron chi connectivity index (χ4n) is 4.89. The Morgan fingerprint density at radius 1 is 1.15 bits per heavy atom. The normalized spacial score (nSPS) is 18.7. The van der Waals surface area contributed by atoms with Gasteiger partial charge in [-0.05, 0) is 49.4 Å². The second kappa shape index (κ2) is 10.3. The zero-order valence-electron chi connectivity index (χ0n) is 18.3. The molecule has 0 aromatic heterocycles. The monoisotopic (exact) mass is 491 g/mol. The number of nitro groups is 1. The van der Waals surface area contributed by atoms with Crippen LogP contribution in [0.3, 0.4) is 0 Å². The Bertz CT molecular complexity index is 1020. The molecule has 2 saturated heterocycles. The highest BCUT2D eigenvalue weighted by Gasteiger charge is 2.37. The number of carbonyl (C=O) groups is 1. The largest absolute Gasteiger partial charge is 0.381 e. The number of carbonyl (C=O) groups excluding carboxylic acids is 1. The van der Waals surface area contributed by atoms with Gasteiger partial charge in [-0.3, -0.25) is 14.9 Å². The fraction of sp³-hybridized carbons (Fsp3) is 0.458. The van der Waals surface area contributed by atoms with Crippen molar-refractivity contribution in [3.05, 3.63) is 68.2 Å². The predicted molar refractivity (Wildman–Crippen MR) is 129 cm³/mol. The van der Waals surface area contributed by atoms with Crippen LogP contribution in [-0.2, 0) is 14.9 Å². The summed E-state index contributed by atoms with van der Waals surface area (Å²) < 4.78 is 5.58. The number of amides is 1. The molecule has 2 aromatic rings. The first-order valence-corrected chi connectivity index (χ1v) is 11.9. The quantitative estimate of drug-likeness (QED) is 0.454. The van der Waals surface area contributed by atoms with Crippen molar-refractivity contribution in [3.63, 3.8) is 0 Å². The number of anilines is 1. The zero-order chi connectivity index (χ0) is 23.4. The summed E-state index contributed by atoms with van der Waals surface area (Å²) in [4.78, 5) is 26.0. The lowest BCUT2D eigenvalue weighted by atomic mass is 9.74. The van der Waals surface area contributed by atoms with Crippen molar-refractivity contribution in [2.24, 2.45) is 5.92 Å². The summed E-state index contributed by atoms with van der Waals surface area (Å²) in [6.45, 7) is 2.92. The number of nitrogens with zero attached hydrogens (tertiary/aromatic N) is 2. The minimum atomic E-state index is -0.358. The van der Waals surface area contributed by atoms with Gasteiger partial charge >= 0.3 is 0 Å². The Hall–Kier alpha value is -2.35. The molecule has 2 heterocycles. The van der Waals surface area contributed by atoms with E-state index in [0.29, 0.717) is 61.4 Å². The van der Waals surface area contributed by atoms with Gasteiger partial charge < -0.3 is 15.0 Å². The van der Waals surface area contributed by atoms with Crippen LogP contribution in [0.25, 0.3) is 0 Å². The first-order valence-electron chi connectivity index (χ1n) is 11.2. The summed E-state index contributed by atoms with van der Waals surface area (Å²) in [5.41, 5.74) is 1.41. The van der Waals surface area contributed by atoms with E-state index in [1.807, 2.05) is 17.0 Å². The highest BCUT2D eigenvalue weighted by Crippen LogP contribution is 2.39. The molecule has 7 nitrogen and oxygen atoms in total. The van der Waals surface area contributed by atoms with Gasteiger partial charge in [-0.1, -0.05) is 41.4 Å². The third-order valence-electron chi connectivity index (χ3n) is 6.84. The third-order valence-corrected chi connectivity index (χ3v) is 7.39. The molecule has 4 rings (SSSR count). The highest BCUT2D eigenvalue weighted by molar-refractivity contribution is 6.35. The second-order valence-corrected chi connectivity index (χ2v) is 9.59. The molecule has 0 aliphatic carbocycles. The minimum absolute atomic E-state index is 0.0214. The first kappa shape index (κ1) is 23.8. The van der Waals surface area contributed by atoms with Gasteiger partial charge in [0.2, 0.25) is 5.91 Å². The number of nitro benzene ring substituents is 1. The van der Waals surface area contributed by atoms with Crippen LogP contribution in [0.15, 0.2) is 42.5 Å². The molecule has 2 fully saturated rings. The van der Waals surface area contributed by atoms with Gasteiger partial charge in [0.1, 0.15) is 5.69 Å². The predicted octanol–water partition coefficient (Wildman–Crippen LogP) is 4.98. The molecule has 0 atom stereocenters. The van der Waals surface area contributed by atoms with Crippen LogP contribution >= 0.6 is 23.2 Å². The van der Waals surface area contributed by atoms with E-state index in [1.54, 1.807) is 24.3 Å². The summed E-state index contributed by atoms with van der Waals surface area (Å²) in [5.74, 6) is -0.102. The van der Waals surface area contributed by atoms with Gasteiger partial charge in [-0.25, -0.2) is 0 Å². The van der Waals surface area contributed by atoms with Gasteiger partial charge in [-0.2, -0.15) is 0 Å². The fourth-order valence-corrected chi connectivity index (χ4v) is 5.50. The first-order chi connectivity index (χ1) is 15.9. The topological polar surface area (TPSA) is 84.7 Å². The molecule has 0 unspecified atom stereocenters. The van der Waals surface area contributed by atoms with Crippen LogP contribution < -0.4 is 10.2 Å².